The highest BCUT2D eigenvalue weighted by atomic mass is 19.1. The van der Waals surface area contributed by atoms with E-state index in [1.165, 1.54) is 18.2 Å². The Balaban J connectivity index is 1.66. The van der Waals surface area contributed by atoms with Gasteiger partial charge in [-0.15, -0.1) is 5.06 Å². The van der Waals surface area contributed by atoms with Gasteiger partial charge < -0.3 is 14.4 Å². The second kappa shape index (κ2) is 8.01. The predicted molar refractivity (Wildman–Crippen MR) is 117 cm³/mol. The summed E-state index contributed by atoms with van der Waals surface area (Å²) < 4.78 is 34.1. The zero-order valence-corrected chi connectivity index (χ0v) is 18.1. The van der Waals surface area contributed by atoms with Crippen molar-refractivity contribution in [1.82, 2.24) is 5.06 Å². The summed E-state index contributed by atoms with van der Waals surface area (Å²) in [6, 6.07) is 8.31. The van der Waals surface area contributed by atoms with E-state index in [1.807, 2.05) is 0 Å². The van der Waals surface area contributed by atoms with Crippen LogP contribution in [0.25, 0.3) is 33.4 Å². The molecule has 2 aliphatic heterocycles. The topological polar surface area (TPSA) is 114 Å². The number of carbonyl (C=O) groups is 3. The van der Waals surface area contributed by atoms with Crippen molar-refractivity contribution >= 4 is 28.8 Å². The number of hydrogen-bond donors (Lipinski definition) is 1. The van der Waals surface area contributed by atoms with Crippen LogP contribution in [0.5, 0.6) is 5.75 Å². The first-order chi connectivity index (χ1) is 16.6. The molecule has 0 radical (unpaired) electrons. The second-order valence-electron chi connectivity index (χ2n) is 8.05. The Morgan fingerprint density at radius 3 is 2.37 bits per heavy atom. The maximum absolute atomic E-state index is 14.3. The first kappa shape index (κ1) is 22.2. The fraction of sp³-hybridized carbons (Fsp3) is 0.120. The van der Waals surface area contributed by atoms with Gasteiger partial charge in [-0.2, -0.15) is 0 Å². The molecule has 2 aromatic rings. The standard InChI is InChI=1S/C25H15F2NO7/c1-11-6-12(25(33)35-28-22(31)4-5-23(28)32)2-3-13(11)24-14-7-16(26)18(29)9-20(14)34-21-10-19(30)17(27)8-15(21)24/h2-3,6-10,29H,4-5H2,1H3. The zero-order chi connectivity index (χ0) is 25.0. The van der Waals surface area contributed by atoms with Crippen LogP contribution in [0.15, 0.2) is 51.7 Å². The van der Waals surface area contributed by atoms with Gasteiger partial charge >= 0.3 is 5.97 Å². The molecule has 1 saturated heterocycles. The van der Waals surface area contributed by atoms with Crippen molar-refractivity contribution in [1.29, 1.82) is 0 Å². The molecule has 8 nitrogen and oxygen atoms in total. The molecule has 1 fully saturated rings. The van der Waals surface area contributed by atoms with Crippen LogP contribution >= 0.6 is 0 Å². The van der Waals surface area contributed by atoms with Gasteiger partial charge in [0, 0.05) is 41.5 Å². The molecule has 3 aliphatic rings. The molecule has 2 amide bonds. The Morgan fingerprint density at radius 2 is 1.69 bits per heavy atom. The van der Waals surface area contributed by atoms with Gasteiger partial charge in [-0.25, -0.2) is 13.6 Å². The van der Waals surface area contributed by atoms with Crippen LogP contribution in [0.3, 0.4) is 0 Å². The number of aromatic hydroxyl groups is 1. The average molecular weight is 479 g/mol. The minimum Gasteiger partial charge on any atom is -0.505 e. The van der Waals surface area contributed by atoms with Crippen molar-refractivity contribution in [2.24, 2.45) is 0 Å². The Kier molecular flexibility index (Phi) is 5.08. The van der Waals surface area contributed by atoms with E-state index in [0.29, 0.717) is 21.8 Å². The molecular weight excluding hydrogens is 464 g/mol. The fourth-order valence-corrected chi connectivity index (χ4v) is 4.06. The van der Waals surface area contributed by atoms with Gasteiger partial charge in [-0.1, -0.05) is 6.07 Å². The van der Waals surface area contributed by atoms with E-state index in [1.54, 1.807) is 6.92 Å². The summed E-state index contributed by atoms with van der Waals surface area (Å²) >= 11 is 0. The molecule has 176 valence electrons. The molecule has 1 N–H and O–H groups in total. The lowest BCUT2D eigenvalue weighted by Crippen LogP contribution is -2.32. The van der Waals surface area contributed by atoms with Crippen molar-refractivity contribution < 1.29 is 37.5 Å². The third-order valence-electron chi connectivity index (χ3n) is 5.75. The molecule has 2 aromatic carbocycles. The SMILES string of the molecule is Cc1cc(C(=O)ON2C(=O)CCC2=O)ccc1-c1c2cc(F)c(=O)cc-2oc2cc(O)c(F)cc12. The van der Waals surface area contributed by atoms with E-state index in [2.05, 4.69) is 0 Å². The highest BCUT2D eigenvalue weighted by Crippen LogP contribution is 2.42. The molecule has 35 heavy (non-hydrogen) atoms. The summed E-state index contributed by atoms with van der Waals surface area (Å²) in [6.45, 7) is 1.63. The van der Waals surface area contributed by atoms with Crippen LogP contribution in [0.1, 0.15) is 28.8 Å². The van der Waals surface area contributed by atoms with Gasteiger partial charge in [0.1, 0.15) is 11.3 Å². The van der Waals surface area contributed by atoms with Gasteiger partial charge in [-0.3, -0.25) is 14.4 Å². The third-order valence-corrected chi connectivity index (χ3v) is 5.75. The number of amides is 2. The van der Waals surface area contributed by atoms with Crippen molar-refractivity contribution in [2.75, 3.05) is 0 Å². The summed E-state index contributed by atoms with van der Waals surface area (Å²) in [4.78, 5) is 52.8. The Labute approximate surface area is 195 Å². The molecule has 2 heterocycles. The lowest BCUT2D eigenvalue weighted by molar-refractivity contribution is -0.172. The Morgan fingerprint density at radius 1 is 0.971 bits per heavy atom. The first-order valence-corrected chi connectivity index (χ1v) is 10.4. The Bertz CT molecular complexity index is 1590. The van der Waals surface area contributed by atoms with E-state index in [0.717, 1.165) is 24.3 Å². The van der Waals surface area contributed by atoms with Gasteiger partial charge in [0.2, 0.25) is 5.43 Å². The summed E-state index contributed by atoms with van der Waals surface area (Å²) in [5.74, 6) is -4.80. The third kappa shape index (κ3) is 3.68. The quantitative estimate of drug-likeness (QED) is 0.348. The minimum absolute atomic E-state index is 0.0128. The first-order valence-electron chi connectivity index (χ1n) is 10.4. The van der Waals surface area contributed by atoms with E-state index in [9.17, 15) is 33.1 Å². The number of nitrogens with zero attached hydrogens (tertiary/aromatic N) is 1. The number of phenolic OH excluding ortho intramolecular Hbond substituents is 1. The zero-order valence-electron chi connectivity index (χ0n) is 18.1. The van der Waals surface area contributed by atoms with Crippen molar-refractivity contribution in [3.8, 4) is 28.2 Å². The van der Waals surface area contributed by atoms with Gasteiger partial charge in [0.25, 0.3) is 11.8 Å². The number of fused-ring (bicyclic) bond motifs is 2. The van der Waals surface area contributed by atoms with Crippen LogP contribution in [0.4, 0.5) is 8.78 Å². The molecule has 0 spiro atoms. The summed E-state index contributed by atoms with van der Waals surface area (Å²) in [5.41, 5.74) is 0.582. The molecule has 0 unspecified atom stereocenters. The molecule has 0 atom stereocenters. The van der Waals surface area contributed by atoms with Gasteiger partial charge in [0.15, 0.2) is 17.4 Å². The fourth-order valence-electron chi connectivity index (χ4n) is 4.06. The molecule has 0 bridgehead atoms. The Hall–Kier alpha value is -4.60. The second-order valence-corrected chi connectivity index (χ2v) is 8.05. The summed E-state index contributed by atoms with van der Waals surface area (Å²) in [7, 11) is 0. The lowest BCUT2D eigenvalue weighted by Gasteiger charge is -2.18. The number of phenols is 1. The molecule has 0 saturated carbocycles. The van der Waals surface area contributed by atoms with E-state index in [-0.39, 0.29) is 40.7 Å². The van der Waals surface area contributed by atoms with E-state index >= 15 is 0 Å². The predicted octanol–water partition coefficient (Wildman–Crippen LogP) is 4.08. The maximum Gasteiger partial charge on any atom is 0.363 e. The number of benzene rings is 3. The van der Waals surface area contributed by atoms with Crippen LogP contribution in [-0.4, -0.2) is 28.0 Å². The van der Waals surface area contributed by atoms with Gasteiger partial charge in [-0.05, 0) is 42.3 Å². The van der Waals surface area contributed by atoms with Crippen LogP contribution in [0, 0.1) is 18.6 Å². The summed E-state index contributed by atoms with van der Waals surface area (Å²) in [5, 5.41) is 10.4. The average Bonchev–Trinajstić information content (AvgIpc) is 3.12. The number of hydroxylamine groups is 2. The highest BCUT2D eigenvalue weighted by molar-refractivity contribution is 6.04. The van der Waals surface area contributed by atoms with Gasteiger partial charge in [0.05, 0.1) is 5.56 Å². The number of hydrogen-bond acceptors (Lipinski definition) is 7. The monoisotopic (exact) mass is 479 g/mol. The summed E-state index contributed by atoms with van der Waals surface area (Å²) in [6.07, 6.45) is -0.0892. The maximum atomic E-state index is 14.3. The highest BCUT2D eigenvalue weighted by Gasteiger charge is 2.33. The molecular formula is C25H15F2NO7. The smallest absolute Gasteiger partial charge is 0.363 e. The van der Waals surface area contributed by atoms with Crippen LogP contribution < -0.4 is 5.43 Å². The molecule has 5 rings (SSSR count). The minimum atomic E-state index is -1.04. The number of aryl methyl sites for hydroxylation is 1. The molecule has 0 aromatic heterocycles. The van der Waals surface area contributed by atoms with Crippen molar-refractivity contribution in [2.45, 2.75) is 19.8 Å². The van der Waals surface area contributed by atoms with Crippen molar-refractivity contribution in [3.63, 3.8) is 0 Å². The normalized spacial score (nSPS) is 13.7. The molecule has 1 aliphatic carbocycles. The number of imide groups is 1. The molecule has 10 heteroatoms. The van der Waals surface area contributed by atoms with E-state index < -0.39 is 40.6 Å². The van der Waals surface area contributed by atoms with Crippen LogP contribution in [-0.2, 0) is 14.4 Å². The number of halogens is 2. The van der Waals surface area contributed by atoms with Crippen molar-refractivity contribution in [3.05, 3.63) is 75.4 Å². The number of rotatable bonds is 3. The lowest BCUT2D eigenvalue weighted by atomic mass is 9.90. The largest absolute Gasteiger partial charge is 0.505 e. The van der Waals surface area contributed by atoms with Crippen LogP contribution in [0.2, 0.25) is 0 Å². The van der Waals surface area contributed by atoms with E-state index in [4.69, 9.17) is 9.25 Å². The number of carbonyl (C=O) groups excluding carboxylic acids is 3.